The average Bonchev–Trinajstić information content (AvgIpc) is 3.54. The number of aryl methyl sites for hydroxylation is 1. The van der Waals surface area contributed by atoms with Gasteiger partial charge in [-0.3, -0.25) is 10.1 Å². The minimum Gasteiger partial charge on any atom is -0.258 e. The summed E-state index contributed by atoms with van der Waals surface area (Å²) in [5.41, 5.74) is 5.27. The molecule has 0 N–H and O–H groups in total. The summed E-state index contributed by atoms with van der Waals surface area (Å²) in [5, 5.41) is 22.8. The number of thiophene rings is 1. The molecular weight excluding hydrogens is 428 g/mol. The van der Waals surface area contributed by atoms with E-state index in [0.717, 1.165) is 39.0 Å². The number of hydrazone groups is 1. The molecule has 0 saturated heterocycles. The molecule has 0 bridgehead atoms. The van der Waals surface area contributed by atoms with Crippen molar-refractivity contribution in [2.45, 2.75) is 19.4 Å². The molecule has 0 spiro atoms. The topological polar surface area (TPSA) is 71.6 Å². The maximum Gasteiger partial charge on any atom is 0.269 e. The number of benzene rings is 2. The number of hydrogen-bond donors (Lipinski definition) is 0. The van der Waals surface area contributed by atoms with E-state index in [1.165, 1.54) is 5.56 Å². The van der Waals surface area contributed by atoms with Gasteiger partial charge in [-0.1, -0.05) is 48.0 Å². The zero-order valence-corrected chi connectivity index (χ0v) is 18.3. The molecule has 8 heteroatoms. The molecule has 5 rings (SSSR count). The van der Waals surface area contributed by atoms with Gasteiger partial charge in [0, 0.05) is 29.5 Å². The van der Waals surface area contributed by atoms with Crippen LogP contribution >= 0.6 is 22.7 Å². The normalized spacial score (nSPS) is 15.8. The lowest BCUT2D eigenvalue weighted by atomic mass is 10.0. The summed E-state index contributed by atoms with van der Waals surface area (Å²) in [6.45, 7) is 2.07. The number of nitrogens with zero attached hydrogens (tertiary/aromatic N) is 4. The maximum absolute atomic E-state index is 11.1. The van der Waals surface area contributed by atoms with Crippen LogP contribution in [0.25, 0.3) is 11.3 Å². The van der Waals surface area contributed by atoms with E-state index >= 15 is 0 Å². The maximum atomic E-state index is 11.1. The van der Waals surface area contributed by atoms with E-state index in [0.29, 0.717) is 0 Å². The van der Waals surface area contributed by atoms with Crippen LogP contribution in [0.1, 0.15) is 28.5 Å². The van der Waals surface area contributed by atoms with Crippen LogP contribution in [0.15, 0.2) is 76.5 Å². The van der Waals surface area contributed by atoms with Crippen molar-refractivity contribution in [1.82, 2.24) is 4.98 Å². The second-order valence-corrected chi connectivity index (χ2v) is 9.10. The number of rotatable bonds is 5. The molecule has 2 aromatic heterocycles. The lowest BCUT2D eigenvalue weighted by molar-refractivity contribution is -0.384. The number of thiazole rings is 1. The molecule has 4 aromatic rings. The van der Waals surface area contributed by atoms with E-state index in [9.17, 15) is 10.1 Å². The van der Waals surface area contributed by atoms with E-state index in [4.69, 9.17) is 10.1 Å². The standard InChI is InChI=1S/C23H18N4O2S2/c1-15-4-6-16(7-5-15)20-14-31-23(24-20)26-21(13-19(25-26)22-3-2-12-30-22)17-8-10-18(11-9-17)27(28)29/h2-12,14,21H,13H2,1H3. The van der Waals surface area contributed by atoms with Gasteiger partial charge >= 0.3 is 0 Å². The fourth-order valence-electron chi connectivity index (χ4n) is 3.58. The summed E-state index contributed by atoms with van der Waals surface area (Å²) >= 11 is 3.22. The van der Waals surface area contributed by atoms with Crippen LogP contribution in [0, 0.1) is 17.0 Å². The highest BCUT2D eigenvalue weighted by Crippen LogP contribution is 2.40. The molecule has 2 aromatic carbocycles. The molecule has 0 amide bonds. The highest BCUT2D eigenvalue weighted by atomic mass is 32.1. The molecule has 0 fully saturated rings. The second-order valence-electron chi connectivity index (χ2n) is 7.32. The van der Waals surface area contributed by atoms with Gasteiger partial charge in [0.2, 0.25) is 5.13 Å². The number of anilines is 1. The third-order valence-corrected chi connectivity index (χ3v) is 6.99. The molecule has 1 unspecified atom stereocenters. The van der Waals surface area contributed by atoms with Crippen molar-refractivity contribution in [3.63, 3.8) is 0 Å². The summed E-state index contributed by atoms with van der Waals surface area (Å²) in [4.78, 5) is 16.7. The van der Waals surface area contributed by atoms with Crippen molar-refractivity contribution >= 4 is 39.2 Å². The molecule has 0 radical (unpaired) electrons. The van der Waals surface area contributed by atoms with E-state index in [1.807, 2.05) is 34.0 Å². The molecule has 154 valence electrons. The van der Waals surface area contributed by atoms with Crippen LogP contribution in [-0.2, 0) is 0 Å². The Morgan fingerprint density at radius 1 is 1.06 bits per heavy atom. The third-order valence-electron chi connectivity index (χ3n) is 5.24. The highest BCUT2D eigenvalue weighted by Gasteiger charge is 2.32. The summed E-state index contributed by atoms with van der Waals surface area (Å²) in [5.74, 6) is 0. The lowest BCUT2D eigenvalue weighted by Gasteiger charge is -2.21. The van der Waals surface area contributed by atoms with Crippen LogP contribution < -0.4 is 5.01 Å². The number of non-ortho nitro benzene ring substituents is 1. The van der Waals surface area contributed by atoms with E-state index in [-0.39, 0.29) is 16.7 Å². The van der Waals surface area contributed by atoms with Crippen LogP contribution in [0.5, 0.6) is 0 Å². The highest BCUT2D eigenvalue weighted by molar-refractivity contribution is 7.14. The largest absolute Gasteiger partial charge is 0.269 e. The van der Waals surface area contributed by atoms with Crippen LogP contribution in [0.3, 0.4) is 0 Å². The fourth-order valence-corrected chi connectivity index (χ4v) is 5.14. The van der Waals surface area contributed by atoms with Gasteiger partial charge < -0.3 is 0 Å². The summed E-state index contributed by atoms with van der Waals surface area (Å²) < 4.78 is 0. The molecule has 1 aliphatic rings. The fraction of sp³-hybridized carbons (Fsp3) is 0.130. The molecule has 1 aliphatic heterocycles. The van der Waals surface area contributed by atoms with Crippen molar-refractivity contribution in [2.75, 3.05) is 5.01 Å². The smallest absolute Gasteiger partial charge is 0.258 e. The van der Waals surface area contributed by atoms with Crippen LogP contribution in [0.4, 0.5) is 10.8 Å². The monoisotopic (exact) mass is 446 g/mol. The average molecular weight is 447 g/mol. The summed E-state index contributed by atoms with van der Waals surface area (Å²) in [6.07, 6.45) is 0.720. The van der Waals surface area contributed by atoms with Crippen molar-refractivity contribution in [3.05, 3.63) is 97.5 Å². The molecule has 0 aliphatic carbocycles. The molecule has 1 atom stereocenters. The van der Waals surface area contributed by atoms with Gasteiger partial charge in [-0.05, 0) is 23.9 Å². The SMILES string of the molecule is Cc1ccc(-c2csc(N3N=C(c4cccs4)CC3c3ccc([N+](=O)[O-])cc3)n2)cc1. The second kappa shape index (κ2) is 8.05. The number of nitro benzene ring substituents is 1. The number of aromatic nitrogens is 1. The minimum absolute atomic E-state index is 0.0603. The zero-order chi connectivity index (χ0) is 21.4. The Balaban J connectivity index is 1.51. The van der Waals surface area contributed by atoms with E-state index in [2.05, 4.69) is 37.3 Å². The van der Waals surface area contributed by atoms with Gasteiger partial charge in [-0.2, -0.15) is 5.10 Å². The Morgan fingerprint density at radius 3 is 2.52 bits per heavy atom. The number of hydrogen-bond acceptors (Lipinski definition) is 7. The minimum atomic E-state index is -0.377. The van der Waals surface area contributed by atoms with Crippen molar-refractivity contribution < 1.29 is 4.92 Å². The number of nitro groups is 1. The van der Waals surface area contributed by atoms with Gasteiger partial charge in [-0.25, -0.2) is 9.99 Å². The first-order valence-electron chi connectivity index (χ1n) is 9.76. The molecular formula is C23H18N4O2S2. The summed E-state index contributed by atoms with van der Waals surface area (Å²) in [7, 11) is 0. The quantitative estimate of drug-likeness (QED) is 0.261. The van der Waals surface area contributed by atoms with Gasteiger partial charge in [0.25, 0.3) is 5.69 Å². The van der Waals surface area contributed by atoms with Crippen molar-refractivity contribution in [1.29, 1.82) is 0 Å². The Kier molecular flexibility index (Phi) is 5.09. The van der Waals surface area contributed by atoms with Crippen molar-refractivity contribution in [3.8, 4) is 11.3 Å². The Hall–Kier alpha value is -3.36. The van der Waals surface area contributed by atoms with Crippen molar-refractivity contribution in [2.24, 2.45) is 5.10 Å². The first-order chi connectivity index (χ1) is 15.1. The Bertz CT molecular complexity index is 1250. The lowest BCUT2D eigenvalue weighted by Crippen LogP contribution is -2.18. The predicted molar refractivity (Wildman–Crippen MR) is 126 cm³/mol. The zero-order valence-electron chi connectivity index (χ0n) is 16.6. The van der Waals surface area contributed by atoms with Gasteiger partial charge in [0.15, 0.2) is 0 Å². The molecule has 31 heavy (non-hydrogen) atoms. The molecule has 3 heterocycles. The first-order valence-corrected chi connectivity index (χ1v) is 11.5. The Labute approximate surface area is 187 Å². The van der Waals surface area contributed by atoms with E-state index in [1.54, 1.807) is 34.8 Å². The Morgan fingerprint density at radius 2 is 1.84 bits per heavy atom. The van der Waals surface area contributed by atoms with Gasteiger partial charge in [-0.15, -0.1) is 22.7 Å². The van der Waals surface area contributed by atoms with Gasteiger partial charge in [0.1, 0.15) is 0 Å². The molecule has 0 saturated carbocycles. The first kappa shape index (κ1) is 19.6. The third kappa shape index (κ3) is 3.87. The molecule has 6 nitrogen and oxygen atoms in total. The van der Waals surface area contributed by atoms with Gasteiger partial charge in [0.05, 0.1) is 27.2 Å². The predicted octanol–water partition coefficient (Wildman–Crippen LogP) is 6.44. The van der Waals surface area contributed by atoms with E-state index < -0.39 is 0 Å². The van der Waals surface area contributed by atoms with Crippen LogP contribution in [-0.4, -0.2) is 15.6 Å². The summed E-state index contributed by atoms with van der Waals surface area (Å²) in [6, 6.07) is 19.1. The van der Waals surface area contributed by atoms with Crippen LogP contribution in [0.2, 0.25) is 0 Å².